The number of amides is 1. The lowest BCUT2D eigenvalue weighted by molar-refractivity contribution is -0.130. The molecule has 3 aromatic rings. The van der Waals surface area contributed by atoms with Crippen LogP contribution in [0.25, 0.3) is 11.0 Å². The molecule has 1 saturated carbocycles. The normalized spacial score (nSPS) is 14.5. The number of aryl methyl sites for hydroxylation is 1. The first kappa shape index (κ1) is 18.0. The van der Waals surface area contributed by atoms with E-state index in [4.69, 9.17) is 9.15 Å². The smallest absolute Gasteiger partial charge is 0.375 e. The van der Waals surface area contributed by atoms with Crippen molar-refractivity contribution in [3.63, 3.8) is 0 Å². The summed E-state index contributed by atoms with van der Waals surface area (Å²) in [6, 6.07) is 15.1. The number of hydrogen-bond donors (Lipinski definition) is 1. The quantitative estimate of drug-likeness (QED) is 0.690. The van der Waals surface area contributed by atoms with E-state index in [9.17, 15) is 14.4 Å². The summed E-state index contributed by atoms with van der Waals surface area (Å²) in [6.45, 7) is 1.87. The first-order chi connectivity index (χ1) is 13.5. The van der Waals surface area contributed by atoms with Crippen LogP contribution in [0, 0.1) is 6.92 Å². The molecule has 0 spiro atoms. The highest BCUT2D eigenvalue weighted by Gasteiger charge is 2.31. The molecule has 0 bridgehead atoms. The van der Waals surface area contributed by atoms with E-state index in [1.807, 2.05) is 13.0 Å². The van der Waals surface area contributed by atoms with E-state index in [-0.39, 0.29) is 23.1 Å². The number of ether oxygens (including phenoxy) is 1. The van der Waals surface area contributed by atoms with Gasteiger partial charge < -0.3 is 14.5 Å². The zero-order chi connectivity index (χ0) is 19.7. The van der Waals surface area contributed by atoms with E-state index in [1.165, 1.54) is 0 Å². The molecule has 1 aliphatic carbocycles. The number of nitrogens with one attached hydrogen (secondary N) is 1. The van der Waals surface area contributed by atoms with Gasteiger partial charge in [0.05, 0.1) is 5.39 Å². The van der Waals surface area contributed by atoms with E-state index in [0.29, 0.717) is 16.5 Å². The van der Waals surface area contributed by atoms with Crippen molar-refractivity contribution in [1.29, 1.82) is 0 Å². The van der Waals surface area contributed by atoms with Gasteiger partial charge in [-0.05, 0) is 31.9 Å². The first-order valence-corrected chi connectivity index (χ1v) is 9.12. The molecule has 0 saturated heterocycles. The van der Waals surface area contributed by atoms with Gasteiger partial charge in [0.1, 0.15) is 5.58 Å². The third-order valence-corrected chi connectivity index (χ3v) is 4.57. The van der Waals surface area contributed by atoms with E-state index >= 15 is 0 Å². The highest BCUT2D eigenvalue weighted by molar-refractivity contribution is 5.92. The highest BCUT2D eigenvalue weighted by atomic mass is 16.6. The molecule has 6 nitrogen and oxygen atoms in total. The van der Waals surface area contributed by atoms with E-state index < -0.39 is 12.1 Å². The molecule has 2 aromatic carbocycles. The van der Waals surface area contributed by atoms with Crippen molar-refractivity contribution in [2.75, 3.05) is 0 Å². The topological polar surface area (TPSA) is 85.6 Å². The summed E-state index contributed by atoms with van der Waals surface area (Å²) in [5, 5.41) is 3.24. The monoisotopic (exact) mass is 377 g/mol. The van der Waals surface area contributed by atoms with Crippen LogP contribution in [0.5, 0.6) is 0 Å². The molecule has 4 rings (SSSR count). The maximum Gasteiger partial charge on any atom is 0.375 e. The second kappa shape index (κ2) is 7.31. The summed E-state index contributed by atoms with van der Waals surface area (Å²) in [5.41, 5.74) is 1.42. The number of benzene rings is 2. The fourth-order valence-electron chi connectivity index (χ4n) is 2.94. The first-order valence-electron chi connectivity index (χ1n) is 9.12. The van der Waals surface area contributed by atoms with Gasteiger partial charge in [0.2, 0.25) is 11.9 Å². The van der Waals surface area contributed by atoms with Crippen LogP contribution in [0.3, 0.4) is 0 Å². The molecule has 28 heavy (non-hydrogen) atoms. The van der Waals surface area contributed by atoms with Gasteiger partial charge in [0, 0.05) is 17.7 Å². The van der Waals surface area contributed by atoms with E-state index in [1.54, 1.807) is 42.5 Å². The lowest BCUT2D eigenvalue weighted by atomic mass is 10.1. The molecule has 1 heterocycles. The minimum absolute atomic E-state index is 0.124. The van der Waals surface area contributed by atoms with E-state index in [2.05, 4.69) is 5.32 Å². The Kier molecular flexibility index (Phi) is 4.69. The molecule has 1 amide bonds. The summed E-state index contributed by atoms with van der Waals surface area (Å²) in [7, 11) is 0. The molecule has 0 aliphatic heterocycles. The van der Waals surface area contributed by atoms with Crippen LogP contribution in [-0.4, -0.2) is 17.9 Å². The predicted molar refractivity (Wildman–Crippen MR) is 103 cm³/mol. The molecular formula is C22H19NO5. The number of rotatable bonds is 5. The maximum atomic E-state index is 12.7. The van der Waals surface area contributed by atoms with Crippen LogP contribution in [0.1, 0.15) is 40.6 Å². The number of carbonyl (C=O) groups excluding carboxylic acids is 2. The Morgan fingerprint density at radius 2 is 1.86 bits per heavy atom. The molecule has 1 aromatic heterocycles. The lowest BCUT2D eigenvalue weighted by Gasteiger charge is -2.17. The van der Waals surface area contributed by atoms with Crippen LogP contribution in [0.15, 0.2) is 63.8 Å². The predicted octanol–water partition coefficient (Wildman–Crippen LogP) is 3.28. The largest absolute Gasteiger partial charge is 0.449 e. The van der Waals surface area contributed by atoms with Crippen LogP contribution < -0.4 is 10.7 Å². The van der Waals surface area contributed by atoms with Crippen LogP contribution in [-0.2, 0) is 9.53 Å². The third kappa shape index (κ3) is 3.81. The van der Waals surface area contributed by atoms with Gasteiger partial charge in [0.15, 0.2) is 5.43 Å². The zero-order valence-electron chi connectivity index (χ0n) is 15.3. The Labute approximate surface area is 161 Å². The van der Waals surface area contributed by atoms with Gasteiger partial charge in [-0.3, -0.25) is 9.59 Å². The zero-order valence-corrected chi connectivity index (χ0v) is 15.3. The van der Waals surface area contributed by atoms with Gasteiger partial charge >= 0.3 is 5.97 Å². The van der Waals surface area contributed by atoms with Crippen LogP contribution in [0.4, 0.5) is 0 Å². The van der Waals surface area contributed by atoms with Gasteiger partial charge in [-0.1, -0.05) is 42.0 Å². The highest BCUT2D eigenvalue weighted by Crippen LogP contribution is 2.24. The number of fused-ring (bicyclic) bond motifs is 1. The van der Waals surface area contributed by atoms with Crippen molar-refractivity contribution in [1.82, 2.24) is 5.32 Å². The SMILES string of the molecule is Cc1ccc2oc(C(=O)O[C@H](C(=O)NC3CC3)c3ccccc3)cc(=O)c2c1. The summed E-state index contributed by atoms with van der Waals surface area (Å²) >= 11 is 0. The molecule has 1 aliphatic rings. The van der Waals surface area contributed by atoms with Gasteiger partial charge in [-0.25, -0.2) is 4.79 Å². The average molecular weight is 377 g/mol. The fraction of sp³-hybridized carbons (Fsp3) is 0.227. The summed E-state index contributed by atoms with van der Waals surface area (Å²) in [5.74, 6) is -1.48. The second-order valence-corrected chi connectivity index (χ2v) is 6.95. The molecule has 0 radical (unpaired) electrons. The molecule has 0 unspecified atom stereocenters. The minimum atomic E-state index is -1.12. The van der Waals surface area contributed by atoms with Crippen molar-refractivity contribution in [3.8, 4) is 0 Å². The van der Waals surface area contributed by atoms with Crippen molar-refractivity contribution < 1.29 is 18.7 Å². The van der Waals surface area contributed by atoms with E-state index in [0.717, 1.165) is 24.5 Å². The molecule has 142 valence electrons. The summed E-state index contributed by atoms with van der Waals surface area (Å²) < 4.78 is 11.0. The van der Waals surface area contributed by atoms with Gasteiger partial charge in [0.25, 0.3) is 5.91 Å². The van der Waals surface area contributed by atoms with Crippen molar-refractivity contribution in [2.24, 2.45) is 0 Å². The number of esters is 1. The van der Waals surface area contributed by atoms with Crippen LogP contribution >= 0.6 is 0 Å². The fourth-order valence-corrected chi connectivity index (χ4v) is 2.94. The van der Waals surface area contributed by atoms with Crippen molar-refractivity contribution in [2.45, 2.75) is 31.9 Å². The standard InChI is InChI=1S/C22H19NO5/c1-13-7-10-18-16(11-13)17(24)12-19(27-18)22(26)28-20(14-5-3-2-4-6-14)21(25)23-15-8-9-15/h2-7,10-12,15,20H,8-9H2,1H3,(H,23,25)/t20-/m0/s1. The number of hydrogen-bond acceptors (Lipinski definition) is 5. The molecule has 1 N–H and O–H groups in total. The summed E-state index contributed by atoms with van der Waals surface area (Å²) in [4.78, 5) is 37.6. The van der Waals surface area contributed by atoms with Crippen molar-refractivity contribution >= 4 is 22.8 Å². The molecular weight excluding hydrogens is 358 g/mol. The third-order valence-electron chi connectivity index (χ3n) is 4.57. The Morgan fingerprint density at radius 3 is 2.57 bits per heavy atom. The molecule has 1 atom stereocenters. The Morgan fingerprint density at radius 1 is 1.11 bits per heavy atom. The summed E-state index contributed by atoms with van der Waals surface area (Å²) in [6.07, 6.45) is 0.716. The Hall–Kier alpha value is -3.41. The average Bonchev–Trinajstić information content (AvgIpc) is 3.51. The molecule has 6 heteroatoms. The maximum absolute atomic E-state index is 12.7. The van der Waals surface area contributed by atoms with Crippen LogP contribution in [0.2, 0.25) is 0 Å². The lowest BCUT2D eigenvalue weighted by Crippen LogP contribution is -2.33. The second-order valence-electron chi connectivity index (χ2n) is 6.95. The molecule has 1 fully saturated rings. The Bertz CT molecular complexity index is 1100. The number of carbonyl (C=O) groups is 2. The Balaban J connectivity index is 1.63. The van der Waals surface area contributed by atoms with Gasteiger partial charge in [-0.15, -0.1) is 0 Å². The minimum Gasteiger partial charge on any atom is -0.449 e. The van der Waals surface area contributed by atoms with Crippen molar-refractivity contribution in [3.05, 3.63) is 81.7 Å². The van der Waals surface area contributed by atoms with Gasteiger partial charge in [-0.2, -0.15) is 0 Å².